The Morgan fingerprint density at radius 3 is 2.57 bits per heavy atom. The van der Waals surface area contributed by atoms with Gasteiger partial charge in [0.25, 0.3) is 6.43 Å². The van der Waals surface area contributed by atoms with Crippen molar-refractivity contribution in [3.05, 3.63) is 11.6 Å². The molecule has 3 heteroatoms. The van der Waals surface area contributed by atoms with E-state index in [9.17, 15) is 8.78 Å². The Morgan fingerprint density at radius 1 is 1.43 bits per heavy atom. The van der Waals surface area contributed by atoms with Crippen LogP contribution >= 0.6 is 0 Å². The van der Waals surface area contributed by atoms with Crippen molar-refractivity contribution in [1.29, 1.82) is 0 Å². The van der Waals surface area contributed by atoms with Crippen molar-refractivity contribution in [2.75, 3.05) is 13.6 Å². The van der Waals surface area contributed by atoms with Gasteiger partial charge in [0, 0.05) is 6.54 Å². The molecule has 1 nitrogen and oxygen atoms in total. The highest BCUT2D eigenvalue weighted by molar-refractivity contribution is 5.08. The van der Waals surface area contributed by atoms with Crippen LogP contribution in [0.2, 0.25) is 0 Å². The third kappa shape index (κ3) is 2.77. The molecule has 0 aromatic carbocycles. The molecule has 1 atom stereocenters. The van der Waals surface area contributed by atoms with Crippen molar-refractivity contribution in [2.45, 2.75) is 39.2 Å². The predicted molar refractivity (Wildman–Crippen MR) is 54.6 cm³/mol. The zero-order chi connectivity index (χ0) is 10.7. The third-order valence-corrected chi connectivity index (χ3v) is 2.97. The molecule has 1 aliphatic rings. The maximum absolute atomic E-state index is 12.6. The average molecular weight is 203 g/mol. The fourth-order valence-corrected chi connectivity index (χ4v) is 1.88. The second-order valence-electron chi connectivity index (χ2n) is 4.31. The SMILES string of the molecule is CC(C)C1=CCN(C)C(C(F)F)CC1. The van der Waals surface area contributed by atoms with E-state index < -0.39 is 12.5 Å². The van der Waals surface area contributed by atoms with Gasteiger partial charge in [-0.1, -0.05) is 25.5 Å². The molecule has 1 heterocycles. The molecule has 1 rings (SSSR count). The lowest BCUT2D eigenvalue weighted by Crippen LogP contribution is -2.36. The van der Waals surface area contributed by atoms with Crippen LogP contribution in [-0.2, 0) is 0 Å². The van der Waals surface area contributed by atoms with Crippen LogP contribution in [0.15, 0.2) is 11.6 Å². The maximum Gasteiger partial charge on any atom is 0.253 e. The molecule has 0 aromatic heterocycles. The van der Waals surface area contributed by atoms with Crippen molar-refractivity contribution in [3.63, 3.8) is 0 Å². The standard InChI is InChI=1S/C11H19F2N/c1-8(2)9-4-5-10(11(12)13)14(3)7-6-9/h6,8,10-11H,4-5,7H2,1-3H3. The monoisotopic (exact) mass is 203 g/mol. The predicted octanol–water partition coefficient (Wildman–Crippen LogP) is 2.93. The van der Waals surface area contributed by atoms with Gasteiger partial charge in [-0.2, -0.15) is 0 Å². The molecule has 14 heavy (non-hydrogen) atoms. The quantitative estimate of drug-likeness (QED) is 0.624. The number of hydrogen-bond acceptors (Lipinski definition) is 1. The summed E-state index contributed by atoms with van der Waals surface area (Å²) in [5, 5.41) is 0. The Labute approximate surface area is 84.8 Å². The van der Waals surface area contributed by atoms with Crippen LogP contribution in [0.4, 0.5) is 8.78 Å². The van der Waals surface area contributed by atoms with E-state index in [0.717, 1.165) is 6.42 Å². The maximum atomic E-state index is 12.6. The van der Waals surface area contributed by atoms with Crippen molar-refractivity contribution in [1.82, 2.24) is 4.90 Å². The zero-order valence-corrected chi connectivity index (χ0v) is 9.13. The summed E-state index contributed by atoms with van der Waals surface area (Å²) in [7, 11) is 1.77. The molecular weight excluding hydrogens is 184 g/mol. The van der Waals surface area contributed by atoms with Gasteiger partial charge in [0.1, 0.15) is 0 Å². The van der Waals surface area contributed by atoms with E-state index in [0.29, 0.717) is 18.9 Å². The highest BCUT2D eigenvalue weighted by Crippen LogP contribution is 2.24. The Morgan fingerprint density at radius 2 is 2.07 bits per heavy atom. The van der Waals surface area contributed by atoms with Crippen LogP contribution in [0.3, 0.4) is 0 Å². The molecule has 1 aliphatic heterocycles. The first-order chi connectivity index (χ1) is 6.52. The molecule has 0 aliphatic carbocycles. The van der Waals surface area contributed by atoms with Gasteiger partial charge in [0.15, 0.2) is 0 Å². The first-order valence-electron chi connectivity index (χ1n) is 5.19. The van der Waals surface area contributed by atoms with Crippen LogP contribution in [0.5, 0.6) is 0 Å². The van der Waals surface area contributed by atoms with Crippen molar-refractivity contribution in [2.24, 2.45) is 5.92 Å². The average Bonchev–Trinajstić information content (AvgIpc) is 2.26. The minimum Gasteiger partial charge on any atom is -0.294 e. The van der Waals surface area contributed by atoms with Crippen molar-refractivity contribution >= 4 is 0 Å². The number of nitrogens with zero attached hydrogens (tertiary/aromatic N) is 1. The number of alkyl halides is 2. The van der Waals surface area contributed by atoms with Gasteiger partial charge in [-0.3, -0.25) is 4.90 Å². The Kier molecular flexibility index (Phi) is 4.05. The molecule has 0 saturated heterocycles. The van der Waals surface area contributed by atoms with Crippen LogP contribution in [0, 0.1) is 5.92 Å². The Hall–Kier alpha value is -0.440. The molecule has 0 spiro atoms. The van der Waals surface area contributed by atoms with E-state index in [2.05, 4.69) is 19.9 Å². The van der Waals surface area contributed by atoms with Crippen LogP contribution in [0.25, 0.3) is 0 Å². The van der Waals surface area contributed by atoms with Gasteiger partial charge in [0.05, 0.1) is 6.04 Å². The summed E-state index contributed by atoms with van der Waals surface area (Å²) in [6.07, 6.45) is 1.28. The second-order valence-corrected chi connectivity index (χ2v) is 4.31. The van der Waals surface area contributed by atoms with E-state index in [4.69, 9.17) is 0 Å². The molecule has 0 N–H and O–H groups in total. The first-order valence-corrected chi connectivity index (χ1v) is 5.19. The van der Waals surface area contributed by atoms with Gasteiger partial charge < -0.3 is 0 Å². The first kappa shape index (κ1) is 11.6. The van der Waals surface area contributed by atoms with Crippen molar-refractivity contribution in [3.8, 4) is 0 Å². The third-order valence-electron chi connectivity index (χ3n) is 2.97. The zero-order valence-electron chi connectivity index (χ0n) is 9.13. The number of halogens is 2. The fourth-order valence-electron chi connectivity index (χ4n) is 1.88. The van der Waals surface area contributed by atoms with Crippen molar-refractivity contribution < 1.29 is 8.78 Å². The van der Waals surface area contributed by atoms with E-state index in [1.165, 1.54) is 5.57 Å². The highest BCUT2D eigenvalue weighted by atomic mass is 19.3. The number of likely N-dealkylation sites (N-methyl/N-ethyl adjacent to an activating group) is 1. The lowest BCUT2D eigenvalue weighted by molar-refractivity contribution is 0.0404. The van der Waals surface area contributed by atoms with Gasteiger partial charge in [-0.15, -0.1) is 0 Å². The van der Waals surface area contributed by atoms with E-state index in [1.54, 1.807) is 11.9 Å². The number of allylic oxidation sites excluding steroid dienone is 1. The summed E-state index contributed by atoms with van der Waals surface area (Å²) in [6.45, 7) is 4.89. The molecular formula is C11H19F2N. The van der Waals surface area contributed by atoms with Gasteiger partial charge >= 0.3 is 0 Å². The molecule has 82 valence electrons. The summed E-state index contributed by atoms with van der Waals surface area (Å²) in [5.74, 6) is 0.486. The summed E-state index contributed by atoms with van der Waals surface area (Å²) in [4.78, 5) is 1.75. The molecule has 1 unspecified atom stereocenters. The molecule has 0 saturated carbocycles. The lowest BCUT2D eigenvalue weighted by atomic mass is 9.97. The number of hydrogen-bond donors (Lipinski definition) is 0. The second kappa shape index (κ2) is 4.87. The van der Waals surface area contributed by atoms with Crippen LogP contribution < -0.4 is 0 Å². The van der Waals surface area contributed by atoms with Gasteiger partial charge in [0.2, 0.25) is 0 Å². The molecule has 0 aromatic rings. The summed E-state index contributed by atoms with van der Waals surface area (Å²) >= 11 is 0. The smallest absolute Gasteiger partial charge is 0.253 e. The lowest BCUT2D eigenvalue weighted by Gasteiger charge is -2.24. The molecule has 0 radical (unpaired) electrons. The minimum atomic E-state index is -2.22. The normalized spacial score (nSPS) is 25.4. The van der Waals surface area contributed by atoms with E-state index in [-0.39, 0.29) is 0 Å². The molecule has 0 amide bonds. The topological polar surface area (TPSA) is 3.24 Å². The minimum absolute atomic E-state index is 0.486. The van der Waals surface area contributed by atoms with Gasteiger partial charge in [-0.05, 0) is 25.8 Å². The molecule has 0 bridgehead atoms. The Balaban J connectivity index is 2.63. The Bertz CT molecular complexity index is 211. The van der Waals surface area contributed by atoms with E-state index in [1.807, 2.05) is 0 Å². The largest absolute Gasteiger partial charge is 0.294 e. The van der Waals surface area contributed by atoms with Gasteiger partial charge in [-0.25, -0.2) is 8.78 Å². The molecule has 0 fully saturated rings. The highest BCUT2D eigenvalue weighted by Gasteiger charge is 2.26. The summed E-state index contributed by atoms with van der Waals surface area (Å²) < 4.78 is 25.2. The van der Waals surface area contributed by atoms with Crippen LogP contribution in [-0.4, -0.2) is 31.0 Å². The summed E-state index contributed by atoms with van der Waals surface area (Å²) in [5.41, 5.74) is 1.32. The summed E-state index contributed by atoms with van der Waals surface area (Å²) in [6, 6.07) is -0.567. The van der Waals surface area contributed by atoms with E-state index >= 15 is 0 Å². The van der Waals surface area contributed by atoms with Crippen LogP contribution in [0.1, 0.15) is 26.7 Å². The fraction of sp³-hybridized carbons (Fsp3) is 0.818. The number of rotatable bonds is 2.